The van der Waals surface area contributed by atoms with Gasteiger partial charge in [0.05, 0.1) is 38.6 Å². The average molecular weight is 475 g/mol. The van der Waals surface area contributed by atoms with Crippen molar-refractivity contribution in [2.24, 2.45) is 11.1 Å². The predicted molar refractivity (Wildman–Crippen MR) is 124 cm³/mol. The first-order chi connectivity index (χ1) is 16.7. The van der Waals surface area contributed by atoms with Crippen LogP contribution in [0.1, 0.15) is 24.8 Å². The fourth-order valence-electron chi connectivity index (χ4n) is 3.84. The highest BCUT2D eigenvalue weighted by Gasteiger charge is 2.25. The van der Waals surface area contributed by atoms with Crippen molar-refractivity contribution in [1.29, 1.82) is 0 Å². The van der Waals surface area contributed by atoms with E-state index >= 15 is 0 Å². The van der Waals surface area contributed by atoms with Crippen molar-refractivity contribution in [1.82, 2.24) is 9.97 Å². The van der Waals surface area contributed by atoms with E-state index in [0.717, 1.165) is 31.6 Å². The molecule has 9 nitrogen and oxygen atoms in total. The summed E-state index contributed by atoms with van der Waals surface area (Å²) in [6, 6.07) is 4.89. The molecular weight excluding hydrogens is 443 g/mol. The number of hydrogen-bond donors (Lipinski definition) is 1. The second-order valence-electron chi connectivity index (χ2n) is 8.47. The van der Waals surface area contributed by atoms with Crippen LogP contribution in [0.15, 0.2) is 35.7 Å². The van der Waals surface area contributed by atoms with Crippen LogP contribution < -0.4 is 4.90 Å². The Labute approximate surface area is 198 Å². The number of aliphatic hydroxyl groups excluding tert-OH is 1. The maximum absolute atomic E-state index is 14.4. The fraction of sp³-hybridized carbons (Fsp3) is 0.542. The summed E-state index contributed by atoms with van der Waals surface area (Å²) in [5, 5.41) is 13.5. The highest BCUT2D eigenvalue weighted by atomic mass is 19.1. The van der Waals surface area contributed by atoms with E-state index in [4.69, 9.17) is 19.0 Å². The number of oxime groups is 1. The van der Waals surface area contributed by atoms with E-state index in [2.05, 4.69) is 15.1 Å². The number of methoxy groups -OCH3 is 1. The van der Waals surface area contributed by atoms with Crippen molar-refractivity contribution in [2.75, 3.05) is 51.5 Å². The number of hydrogen-bond acceptors (Lipinski definition) is 9. The summed E-state index contributed by atoms with van der Waals surface area (Å²) in [7, 11) is 1.66. The molecule has 2 unspecified atom stereocenters. The molecule has 0 bridgehead atoms. The molecule has 2 fully saturated rings. The molecule has 0 spiro atoms. The van der Waals surface area contributed by atoms with Crippen LogP contribution in [-0.4, -0.2) is 73.7 Å². The van der Waals surface area contributed by atoms with Gasteiger partial charge in [-0.25, -0.2) is 14.4 Å². The molecule has 2 aromatic rings. The van der Waals surface area contributed by atoms with Crippen LogP contribution in [0, 0.1) is 11.7 Å². The second kappa shape index (κ2) is 12.2. The first-order valence-electron chi connectivity index (χ1n) is 11.5. The molecule has 2 aliphatic rings. The number of anilines is 1. The fourth-order valence-corrected chi connectivity index (χ4v) is 3.84. The summed E-state index contributed by atoms with van der Waals surface area (Å²) in [5.74, 6) is 0.150. The third kappa shape index (κ3) is 6.26. The highest BCUT2D eigenvalue weighted by molar-refractivity contribution is 5.98. The molecule has 1 N–H and O–H groups in total. The number of aliphatic hydroxyl groups is 1. The Morgan fingerprint density at radius 1 is 1.21 bits per heavy atom. The molecule has 2 saturated heterocycles. The minimum Gasteiger partial charge on any atom is -0.395 e. The number of benzene rings is 1. The Morgan fingerprint density at radius 3 is 2.74 bits per heavy atom. The Bertz CT molecular complexity index is 945. The number of halogens is 1. The van der Waals surface area contributed by atoms with Crippen LogP contribution in [0.2, 0.25) is 0 Å². The van der Waals surface area contributed by atoms with Crippen molar-refractivity contribution in [2.45, 2.75) is 32.2 Å². The summed E-state index contributed by atoms with van der Waals surface area (Å²) >= 11 is 0. The Balaban J connectivity index is 1.23. The molecule has 0 radical (unpaired) electrons. The van der Waals surface area contributed by atoms with Crippen LogP contribution in [0.25, 0.3) is 11.1 Å². The summed E-state index contributed by atoms with van der Waals surface area (Å²) < 4.78 is 31.1. The summed E-state index contributed by atoms with van der Waals surface area (Å²) in [6.45, 7) is 2.94. The highest BCUT2D eigenvalue weighted by Crippen LogP contribution is 2.25. The Morgan fingerprint density at radius 2 is 2.03 bits per heavy atom. The third-order valence-electron chi connectivity index (χ3n) is 5.79. The van der Waals surface area contributed by atoms with E-state index in [-0.39, 0.29) is 24.4 Å². The van der Waals surface area contributed by atoms with Crippen molar-refractivity contribution in [3.63, 3.8) is 0 Å². The van der Waals surface area contributed by atoms with Crippen molar-refractivity contribution >= 4 is 11.7 Å². The topological polar surface area (TPSA) is 98.5 Å². The standard InChI is InChI=1S/C24H31FN4O5/c1-31-14-17(15-33-22-7-2-3-8-32-22)16-34-28-20-11-29(12-20)24-26-9-19(10-27-24)21-6-4-5-18(13-30)23(21)25/h4-6,9-10,17,22,30H,2-3,7-8,11-16H2,1H3. The molecule has 34 heavy (non-hydrogen) atoms. The van der Waals surface area contributed by atoms with E-state index in [1.807, 2.05) is 4.90 Å². The number of nitrogens with zero attached hydrogens (tertiary/aromatic N) is 4. The van der Waals surface area contributed by atoms with Crippen LogP contribution in [0.4, 0.5) is 10.3 Å². The summed E-state index contributed by atoms with van der Waals surface area (Å²) in [5.41, 5.74) is 2.05. The molecule has 2 atom stereocenters. The lowest BCUT2D eigenvalue weighted by Crippen LogP contribution is -2.48. The summed E-state index contributed by atoms with van der Waals surface area (Å²) in [4.78, 5) is 16.2. The van der Waals surface area contributed by atoms with Gasteiger partial charge < -0.3 is 29.1 Å². The average Bonchev–Trinajstić information content (AvgIpc) is 2.85. The van der Waals surface area contributed by atoms with Gasteiger partial charge in [-0.1, -0.05) is 23.4 Å². The molecule has 0 aliphatic carbocycles. The minimum atomic E-state index is -0.458. The molecule has 184 valence electrons. The predicted octanol–water partition coefficient (Wildman–Crippen LogP) is 2.77. The van der Waals surface area contributed by atoms with Gasteiger partial charge in [-0.15, -0.1) is 0 Å². The molecule has 0 amide bonds. The van der Waals surface area contributed by atoms with Crippen molar-refractivity contribution in [3.05, 3.63) is 42.0 Å². The molecule has 1 aromatic carbocycles. The smallest absolute Gasteiger partial charge is 0.225 e. The molecule has 2 aliphatic heterocycles. The molecule has 1 aromatic heterocycles. The zero-order valence-electron chi connectivity index (χ0n) is 19.4. The largest absolute Gasteiger partial charge is 0.395 e. The maximum atomic E-state index is 14.4. The quantitative estimate of drug-likeness (QED) is 0.497. The van der Waals surface area contributed by atoms with E-state index in [1.165, 1.54) is 0 Å². The van der Waals surface area contributed by atoms with Crippen LogP contribution in [-0.2, 0) is 25.7 Å². The van der Waals surface area contributed by atoms with Gasteiger partial charge in [0.2, 0.25) is 5.95 Å². The first-order valence-corrected chi connectivity index (χ1v) is 11.5. The molecule has 3 heterocycles. The minimum absolute atomic E-state index is 0.0664. The van der Waals surface area contributed by atoms with Gasteiger partial charge >= 0.3 is 0 Å². The van der Waals surface area contributed by atoms with Crippen LogP contribution in [0.3, 0.4) is 0 Å². The van der Waals surface area contributed by atoms with E-state index < -0.39 is 5.82 Å². The normalized spacial score (nSPS) is 19.0. The van der Waals surface area contributed by atoms with Crippen LogP contribution in [0.5, 0.6) is 0 Å². The monoisotopic (exact) mass is 474 g/mol. The van der Waals surface area contributed by atoms with Crippen LogP contribution >= 0.6 is 0 Å². The van der Waals surface area contributed by atoms with Crippen molar-refractivity contribution in [3.8, 4) is 11.1 Å². The zero-order valence-corrected chi connectivity index (χ0v) is 19.4. The van der Waals surface area contributed by atoms with Gasteiger partial charge in [-0.2, -0.15) is 0 Å². The lowest BCUT2D eigenvalue weighted by Gasteiger charge is -2.32. The van der Waals surface area contributed by atoms with E-state index in [9.17, 15) is 9.50 Å². The third-order valence-corrected chi connectivity index (χ3v) is 5.79. The number of ether oxygens (including phenoxy) is 3. The summed E-state index contributed by atoms with van der Waals surface area (Å²) in [6.07, 6.45) is 6.16. The van der Waals surface area contributed by atoms with Gasteiger partial charge in [0.1, 0.15) is 12.4 Å². The van der Waals surface area contributed by atoms with Gasteiger partial charge in [0.25, 0.3) is 0 Å². The first kappa shape index (κ1) is 24.5. The molecule has 4 rings (SSSR count). The number of aromatic nitrogens is 2. The Hall–Kier alpha value is -2.66. The molecular formula is C24H31FN4O5. The lowest BCUT2D eigenvalue weighted by atomic mass is 10.1. The van der Waals surface area contributed by atoms with Gasteiger partial charge in [-0.3, -0.25) is 0 Å². The lowest BCUT2D eigenvalue weighted by molar-refractivity contribution is -0.174. The van der Waals surface area contributed by atoms with Gasteiger partial charge in [-0.05, 0) is 19.3 Å². The Kier molecular flexibility index (Phi) is 8.75. The van der Waals surface area contributed by atoms with Crippen molar-refractivity contribution < 1.29 is 28.5 Å². The van der Waals surface area contributed by atoms with E-state index in [1.54, 1.807) is 37.7 Å². The molecule has 0 saturated carbocycles. The maximum Gasteiger partial charge on any atom is 0.225 e. The number of rotatable bonds is 11. The SMILES string of the molecule is COCC(CON=C1CN(c2ncc(-c3cccc(CO)c3F)cn2)C1)COC1CCCCO1. The second-order valence-corrected chi connectivity index (χ2v) is 8.47. The van der Waals surface area contributed by atoms with E-state index in [0.29, 0.717) is 50.0 Å². The molecule has 10 heteroatoms. The van der Waals surface area contributed by atoms with Gasteiger partial charge in [0.15, 0.2) is 6.29 Å². The zero-order chi connectivity index (χ0) is 23.8. The van der Waals surface area contributed by atoms with Gasteiger partial charge in [0, 0.05) is 48.7 Å².